The summed E-state index contributed by atoms with van der Waals surface area (Å²) in [6.45, 7) is 6.91. The Morgan fingerprint density at radius 2 is 1.74 bits per heavy atom. The van der Waals surface area contributed by atoms with Crippen LogP contribution in [-0.2, 0) is 6.42 Å². The van der Waals surface area contributed by atoms with Crippen LogP contribution in [0.2, 0.25) is 0 Å². The van der Waals surface area contributed by atoms with Crippen molar-refractivity contribution in [3.05, 3.63) is 29.8 Å². The van der Waals surface area contributed by atoms with E-state index in [0.29, 0.717) is 11.5 Å². The van der Waals surface area contributed by atoms with Crippen molar-refractivity contribution in [3.63, 3.8) is 0 Å². The number of ether oxygens (including phenoxy) is 1. The van der Waals surface area contributed by atoms with Crippen LogP contribution in [0.1, 0.15) is 45.6 Å². The quantitative estimate of drug-likeness (QED) is 0.750. The van der Waals surface area contributed by atoms with Crippen molar-refractivity contribution >= 4 is 0 Å². The lowest BCUT2D eigenvalue weighted by Gasteiger charge is -2.30. The molecule has 0 amide bonds. The van der Waals surface area contributed by atoms with Crippen LogP contribution in [0.25, 0.3) is 0 Å². The number of aryl methyl sites for hydroxylation is 1. The predicted octanol–water partition coefficient (Wildman–Crippen LogP) is 4.04. The van der Waals surface area contributed by atoms with Crippen molar-refractivity contribution in [1.29, 1.82) is 0 Å². The smallest absolute Gasteiger partial charge is 0.118 e. The molecule has 0 saturated heterocycles. The average molecular weight is 263 g/mol. The summed E-state index contributed by atoms with van der Waals surface area (Å²) in [5, 5.41) is 3.44. The summed E-state index contributed by atoms with van der Waals surface area (Å²) in [5.41, 5.74) is 1.74. The van der Waals surface area contributed by atoms with Crippen LogP contribution in [0.15, 0.2) is 24.3 Å². The molecule has 0 aromatic heterocycles. The summed E-state index contributed by atoms with van der Waals surface area (Å²) in [7, 11) is 3.78. The first-order chi connectivity index (χ1) is 8.97. The highest BCUT2D eigenvalue weighted by Gasteiger charge is 2.21. The molecule has 0 aliphatic heterocycles. The SMILES string of the molecule is CNC(CCCCc1ccc(OC)cc1)C(C)(C)C. The van der Waals surface area contributed by atoms with Crippen LogP contribution in [0.4, 0.5) is 0 Å². The van der Waals surface area contributed by atoms with Gasteiger partial charge in [0.05, 0.1) is 7.11 Å². The van der Waals surface area contributed by atoms with Crippen LogP contribution in [0.5, 0.6) is 5.75 Å². The Labute approximate surface area is 118 Å². The predicted molar refractivity (Wildman–Crippen MR) is 82.9 cm³/mol. The lowest BCUT2D eigenvalue weighted by atomic mass is 9.83. The molecule has 0 bridgehead atoms. The van der Waals surface area contributed by atoms with Gasteiger partial charge in [-0.05, 0) is 49.4 Å². The zero-order valence-electron chi connectivity index (χ0n) is 13.1. The van der Waals surface area contributed by atoms with Crippen LogP contribution in [-0.4, -0.2) is 20.2 Å². The number of hydrogen-bond donors (Lipinski definition) is 1. The Morgan fingerprint density at radius 1 is 1.11 bits per heavy atom. The van der Waals surface area contributed by atoms with Gasteiger partial charge in [-0.1, -0.05) is 39.3 Å². The molecule has 1 unspecified atom stereocenters. The molecule has 0 spiro atoms. The van der Waals surface area contributed by atoms with Gasteiger partial charge in [-0.3, -0.25) is 0 Å². The van der Waals surface area contributed by atoms with Crippen molar-refractivity contribution in [3.8, 4) is 5.75 Å². The number of benzene rings is 1. The molecule has 19 heavy (non-hydrogen) atoms. The van der Waals surface area contributed by atoms with E-state index in [9.17, 15) is 0 Å². The number of hydrogen-bond acceptors (Lipinski definition) is 2. The fourth-order valence-corrected chi connectivity index (χ4v) is 2.48. The Balaban J connectivity index is 2.30. The van der Waals surface area contributed by atoms with Crippen LogP contribution < -0.4 is 10.1 Å². The summed E-state index contributed by atoms with van der Waals surface area (Å²) in [6, 6.07) is 9.02. The van der Waals surface area contributed by atoms with Crippen molar-refractivity contribution in [2.75, 3.05) is 14.2 Å². The Morgan fingerprint density at radius 3 is 2.21 bits per heavy atom. The van der Waals surface area contributed by atoms with Crippen LogP contribution in [0.3, 0.4) is 0 Å². The zero-order valence-corrected chi connectivity index (χ0v) is 13.1. The van der Waals surface area contributed by atoms with Gasteiger partial charge in [0.1, 0.15) is 5.75 Å². The van der Waals surface area contributed by atoms with Crippen molar-refractivity contribution in [2.24, 2.45) is 5.41 Å². The Hall–Kier alpha value is -1.02. The Kier molecular flexibility index (Phi) is 6.36. The molecule has 0 heterocycles. The van der Waals surface area contributed by atoms with Gasteiger partial charge in [-0.15, -0.1) is 0 Å². The second-order valence-electron chi connectivity index (χ2n) is 6.30. The molecular weight excluding hydrogens is 234 g/mol. The maximum absolute atomic E-state index is 5.17. The van der Waals surface area contributed by atoms with Crippen molar-refractivity contribution in [1.82, 2.24) is 5.32 Å². The lowest BCUT2D eigenvalue weighted by Crippen LogP contribution is -2.37. The molecule has 0 aliphatic carbocycles. The number of methoxy groups -OCH3 is 1. The van der Waals surface area contributed by atoms with E-state index in [4.69, 9.17) is 4.74 Å². The van der Waals surface area contributed by atoms with Crippen LogP contribution >= 0.6 is 0 Å². The van der Waals surface area contributed by atoms with Gasteiger partial charge in [0, 0.05) is 6.04 Å². The van der Waals surface area contributed by atoms with Crippen molar-refractivity contribution in [2.45, 2.75) is 52.5 Å². The summed E-state index contributed by atoms with van der Waals surface area (Å²) in [6.07, 6.45) is 4.93. The number of nitrogens with one attached hydrogen (secondary N) is 1. The molecule has 0 fully saturated rings. The molecule has 0 saturated carbocycles. The molecule has 0 radical (unpaired) electrons. The lowest BCUT2D eigenvalue weighted by molar-refractivity contribution is 0.262. The minimum atomic E-state index is 0.342. The van der Waals surface area contributed by atoms with Gasteiger partial charge in [0.25, 0.3) is 0 Å². The van der Waals surface area contributed by atoms with Gasteiger partial charge in [0.2, 0.25) is 0 Å². The highest BCUT2D eigenvalue weighted by atomic mass is 16.5. The van der Waals surface area contributed by atoms with Crippen LogP contribution in [0, 0.1) is 5.41 Å². The second kappa shape index (κ2) is 7.54. The van der Waals surface area contributed by atoms with E-state index in [1.165, 1.54) is 24.8 Å². The third-order valence-electron chi connectivity index (χ3n) is 3.76. The highest BCUT2D eigenvalue weighted by Crippen LogP contribution is 2.23. The molecule has 2 nitrogen and oxygen atoms in total. The maximum atomic E-state index is 5.17. The minimum absolute atomic E-state index is 0.342. The van der Waals surface area contributed by atoms with E-state index in [2.05, 4.69) is 45.3 Å². The summed E-state index contributed by atoms with van der Waals surface area (Å²) < 4.78 is 5.17. The molecule has 1 aromatic rings. The normalized spacial score (nSPS) is 13.3. The molecule has 1 N–H and O–H groups in total. The van der Waals surface area contributed by atoms with E-state index in [0.717, 1.165) is 12.2 Å². The first kappa shape index (κ1) is 16.0. The van der Waals surface area contributed by atoms with Gasteiger partial charge < -0.3 is 10.1 Å². The summed E-state index contributed by atoms with van der Waals surface area (Å²) >= 11 is 0. The molecular formula is C17H29NO. The third kappa shape index (κ3) is 5.65. The van der Waals surface area contributed by atoms with E-state index < -0.39 is 0 Å². The van der Waals surface area contributed by atoms with E-state index >= 15 is 0 Å². The largest absolute Gasteiger partial charge is 0.497 e. The third-order valence-corrected chi connectivity index (χ3v) is 3.76. The topological polar surface area (TPSA) is 21.3 Å². The number of unbranched alkanes of at least 4 members (excludes halogenated alkanes) is 1. The van der Waals surface area contributed by atoms with Gasteiger partial charge in [-0.25, -0.2) is 0 Å². The first-order valence-electron chi connectivity index (χ1n) is 7.27. The molecule has 108 valence electrons. The average Bonchev–Trinajstić information content (AvgIpc) is 2.38. The standard InChI is InChI=1S/C17H29NO/c1-17(2,3)16(18-4)9-7-6-8-14-10-12-15(19-5)13-11-14/h10-13,16,18H,6-9H2,1-5H3. The molecule has 1 aromatic carbocycles. The first-order valence-corrected chi connectivity index (χ1v) is 7.27. The monoisotopic (exact) mass is 263 g/mol. The molecule has 0 aliphatic rings. The van der Waals surface area contributed by atoms with Crippen molar-refractivity contribution < 1.29 is 4.74 Å². The molecule has 2 heteroatoms. The van der Waals surface area contributed by atoms with Gasteiger partial charge >= 0.3 is 0 Å². The zero-order chi connectivity index (χ0) is 14.3. The minimum Gasteiger partial charge on any atom is -0.497 e. The fraction of sp³-hybridized carbons (Fsp3) is 0.647. The van der Waals surface area contributed by atoms with E-state index in [1.54, 1.807) is 7.11 Å². The van der Waals surface area contributed by atoms with E-state index in [1.807, 2.05) is 12.1 Å². The van der Waals surface area contributed by atoms with E-state index in [-0.39, 0.29) is 0 Å². The second-order valence-corrected chi connectivity index (χ2v) is 6.30. The Bertz CT molecular complexity index is 351. The highest BCUT2D eigenvalue weighted by molar-refractivity contribution is 5.27. The maximum Gasteiger partial charge on any atom is 0.118 e. The number of rotatable bonds is 7. The summed E-state index contributed by atoms with van der Waals surface area (Å²) in [4.78, 5) is 0. The fourth-order valence-electron chi connectivity index (χ4n) is 2.48. The van der Waals surface area contributed by atoms with Gasteiger partial charge in [0.15, 0.2) is 0 Å². The molecule has 1 rings (SSSR count). The molecule has 1 atom stereocenters. The summed E-state index contributed by atoms with van der Waals surface area (Å²) in [5.74, 6) is 0.937. The van der Waals surface area contributed by atoms with Gasteiger partial charge in [-0.2, -0.15) is 0 Å².